The standard InChI is InChI=1S/C12H22N4O2/c1-8(2)18-11-5-9(3)14-12(16-11)15-10(6-13)7-17-4/h5,8,10H,6-7,13H2,1-4H3,(H,14,15,16). The molecule has 3 N–H and O–H groups in total. The molecule has 0 fully saturated rings. The summed E-state index contributed by atoms with van der Waals surface area (Å²) in [4.78, 5) is 8.59. The predicted molar refractivity (Wildman–Crippen MR) is 70.9 cm³/mol. The van der Waals surface area contributed by atoms with Gasteiger partial charge < -0.3 is 20.5 Å². The Labute approximate surface area is 108 Å². The molecule has 102 valence electrons. The largest absolute Gasteiger partial charge is 0.475 e. The SMILES string of the molecule is COCC(CN)Nc1nc(C)cc(OC(C)C)n1. The van der Waals surface area contributed by atoms with Gasteiger partial charge in [0.15, 0.2) is 0 Å². The van der Waals surface area contributed by atoms with E-state index in [9.17, 15) is 0 Å². The molecule has 1 heterocycles. The van der Waals surface area contributed by atoms with E-state index >= 15 is 0 Å². The van der Waals surface area contributed by atoms with E-state index in [4.69, 9.17) is 15.2 Å². The summed E-state index contributed by atoms with van der Waals surface area (Å²) in [7, 11) is 1.63. The van der Waals surface area contributed by atoms with Crippen molar-refractivity contribution in [1.29, 1.82) is 0 Å². The van der Waals surface area contributed by atoms with Crippen LogP contribution < -0.4 is 15.8 Å². The Bertz CT molecular complexity index is 371. The highest BCUT2D eigenvalue weighted by Gasteiger charge is 2.10. The first-order valence-corrected chi connectivity index (χ1v) is 6.03. The normalized spacial score (nSPS) is 12.6. The molecule has 1 unspecified atom stereocenters. The Balaban J connectivity index is 2.78. The molecule has 0 amide bonds. The van der Waals surface area contributed by atoms with E-state index in [1.165, 1.54) is 0 Å². The molecular weight excluding hydrogens is 232 g/mol. The van der Waals surface area contributed by atoms with Crippen LogP contribution in [0.4, 0.5) is 5.95 Å². The van der Waals surface area contributed by atoms with E-state index in [2.05, 4.69) is 15.3 Å². The molecule has 0 bridgehead atoms. The van der Waals surface area contributed by atoms with E-state index in [-0.39, 0.29) is 12.1 Å². The Morgan fingerprint density at radius 1 is 1.39 bits per heavy atom. The molecule has 0 aliphatic heterocycles. The lowest BCUT2D eigenvalue weighted by Crippen LogP contribution is -2.33. The Morgan fingerprint density at radius 3 is 2.67 bits per heavy atom. The van der Waals surface area contributed by atoms with Crippen LogP contribution in [0.15, 0.2) is 6.07 Å². The third-order valence-corrected chi connectivity index (χ3v) is 2.17. The second-order valence-electron chi connectivity index (χ2n) is 4.37. The summed E-state index contributed by atoms with van der Waals surface area (Å²) in [6.45, 7) is 6.77. The summed E-state index contributed by atoms with van der Waals surface area (Å²) >= 11 is 0. The first kappa shape index (κ1) is 14.7. The smallest absolute Gasteiger partial charge is 0.226 e. The summed E-state index contributed by atoms with van der Waals surface area (Å²) in [6.07, 6.45) is 0.0800. The number of hydrogen-bond acceptors (Lipinski definition) is 6. The maximum atomic E-state index is 5.63. The molecule has 0 spiro atoms. The molecule has 6 nitrogen and oxygen atoms in total. The molecule has 1 aromatic heterocycles. The Hall–Kier alpha value is -1.40. The number of hydrogen-bond donors (Lipinski definition) is 2. The van der Waals surface area contributed by atoms with Gasteiger partial charge in [-0.15, -0.1) is 0 Å². The molecule has 0 radical (unpaired) electrons. The van der Waals surface area contributed by atoms with E-state index in [1.807, 2.05) is 20.8 Å². The zero-order valence-corrected chi connectivity index (χ0v) is 11.4. The van der Waals surface area contributed by atoms with Gasteiger partial charge in [0.2, 0.25) is 11.8 Å². The van der Waals surface area contributed by atoms with Gasteiger partial charge in [0.05, 0.1) is 18.8 Å². The molecule has 0 aromatic carbocycles. The van der Waals surface area contributed by atoms with Gasteiger partial charge in [0.1, 0.15) is 0 Å². The van der Waals surface area contributed by atoms with E-state index < -0.39 is 0 Å². The molecule has 1 atom stereocenters. The summed E-state index contributed by atoms with van der Waals surface area (Å²) in [6, 6.07) is 1.79. The summed E-state index contributed by atoms with van der Waals surface area (Å²) in [5, 5.41) is 3.13. The topological polar surface area (TPSA) is 82.3 Å². The number of nitrogens with zero attached hydrogens (tertiary/aromatic N) is 2. The number of nitrogens with two attached hydrogens (primary N) is 1. The molecule has 1 aromatic rings. The fourth-order valence-corrected chi connectivity index (χ4v) is 1.46. The molecule has 0 aliphatic rings. The van der Waals surface area contributed by atoms with Gasteiger partial charge in [0.25, 0.3) is 0 Å². The lowest BCUT2D eigenvalue weighted by molar-refractivity contribution is 0.187. The van der Waals surface area contributed by atoms with Gasteiger partial charge in [-0.3, -0.25) is 0 Å². The fourth-order valence-electron chi connectivity index (χ4n) is 1.46. The highest BCUT2D eigenvalue weighted by atomic mass is 16.5. The van der Waals surface area contributed by atoms with Crippen molar-refractivity contribution in [1.82, 2.24) is 9.97 Å². The van der Waals surface area contributed by atoms with Gasteiger partial charge in [-0.2, -0.15) is 4.98 Å². The van der Waals surface area contributed by atoms with Crippen LogP contribution in [0.2, 0.25) is 0 Å². The van der Waals surface area contributed by atoms with Crippen LogP contribution in [0, 0.1) is 6.92 Å². The lowest BCUT2D eigenvalue weighted by Gasteiger charge is -2.17. The first-order valence-electron chi connectivity index (χ1n) is 6.03. The average Bonchev–Trinajstić information content (AvgIpc) is 2.26. The number of nitrogens with one attached hydrogen (secondary N) is 1. The van der Waals surface area contributed by atoms with Gasteiger partial charge in [0, 0.05) is 25.4 Å². The first-order chi connectivity index (χ1) is 8.55. The van der Waals surface area contributed by atoms with E-state index in [0.717, 1.165) is 5.69 Å². The lowest BCUT2D eigenvalue weighted by atomic mass is 10.3. The minimum Gasteiger partial charge on any atom is -0.475 e. The highest BCUT2D eigenvalue weighted by molar-refractivity contribution is 5.32. The van der Waals surface area contributed by atoms with Crippen molar-refractivity contribution in [3.05, 3.63) is 11.8 Å². The number of rotatable bonds is 7. The second-order valence-corrected chi connectivity index (χ2v) is 4.37. The third kappa shape index (κ3) is 4.85. The van der Waals surface area contributed by atoms with Gasteiger partial charge in [-0.05, 0) is 20.8 Å². The number of aryl methyl sites for hydroxylation is 1. The maximum Gasteiger partial charge on any atom is 0.226 e. The zero-order valence-electron chi connectivity index (χ0n) is 11.4. The number of anilines is 1. The molecule has 0 saturated carbocycles. The van der Waals surface area contributed by atoms with Crippen LogP contribution in [0.3, 0.4) is 0 Å². The molecular formula is C12H22N4O2. The molecule has 1 rings (SSSR count). The minimum absolute atomic E-state index is 0.0105. The second kappa shape index (κ2) is 7.13. The van der Waals surface area contributed by atoms with E-state index in [0.29, 0.717) is 25.0 Å². The highest BCUT2D eigenvalue weighted by Crippen LogP contribution is 2.14. The van der Waals surface area contributed by atoms with Crippen molar-refractivity contribution in [2.75, 3.05) is 25.6 Å². The van der Waals surface area contributed by atoms with Crippen LogP contribution in [-0.4, -0.2) is 42.4 Å². The minimum atomic E-state index is -0.0105. The van der Waals surface area contributed by atoms with Crippen LogP contribution in [0.1, 0.15) is 19.5 Å². The number of aromatic nitrogens is 2. The predicted octanol–water partition coefficient (Wildman–Crippen LogP) is 0.958. The number of methoxy groups -OCH3 is 1. The van der Waals surface area contributed by atoms with E-state index in [1.54, 1.807) is 13.2 Å². The van der Waals surface area contributed by atoms with Gasteiger partial charge in [-0.1, -0.05) is 0 Å². The monoisotopic (exact) mass is 254 g/mol. The van der Waals surface area contributed by atoms with Crippen LogP contribution >= 0.6 is 0 Å². The van der Waals surface area contributed by atoms with Crippen molar-refractivity contribution < 1.29 is 9.47 Å². The van der Waals surface area contributed by atoms with Crippen LogP contribution in [-0.2, 0) is 4.74 Å². The Kier molecular flexibility index (Phi) is 5.80. The summed E-state index contributed by atoms with van der Waals surface area (Å²) in [5.41, 5.74) is 6.48. The summed E-state index contributed by atoms with van der Waals surface area (Å²) in [5.74, 6) is 1.08. The van der Waals surface area contributed by atoms with Crippen molar-refractivity contribution in [3.63, 3.8) is 0 Å². The fraction of sp³-hybridized carbons (Fsp3) is 0.667. The van der Waals surface area contributed by atoms with Crippen molar-refractivity contribution in [2.24, 2.45) is 5.73 Å². The molecule has 0 saturated heterocycles. The van der Waals surface area contributed by atoms with Crippen molar-refractivity contribution in [2.45, 2.75) is 32.9 Å². The third-order valence-electron chi connectivity index (χ3n) is 2.17. The number of ether oxygens (including phenoxy) is 2. The quantitative estimate of drug-likeness (QED) is 0.754. The molecule has 0 aliphatic carbocycles. The maximum absolute atomic E-state index is 5.63. The molecule has 18 heavy (non-hydrogen) atoms. The van der Waals surface area contributed by atoms with Gasteiger partial charge >= 0.3 is 0 Å². The van der Waals surface area contributed by atoms with Crippen LogP contribution in [0.5, 0.6) is 5.88 Å². The zero-order chi connectivity index (χ0) is 13.5. The van der Waals surface area contributed by atoms with Crippen LogP contribution in [0.25, 0.3) is 0 Å². The summed E-state index contributed by atoms with van der Waals surface area (Å²) < 4.78 is 10.6. The molecule has 6 heteroatoms. The van der Waals surface area contributed by atoms with Crippen molar-refractivity contribution in [3.8, 4) is 5.88 Å². The Morgan fingerprint density at radius 2 is 2.11 bits per heavy atom. The average molecular weight is 254 g/mol. The van der Waals surface area contributed by atoms with Crippen molar-refractivity contribution >= 4 is 5.95 Å². The van der Waals surface area contributed by atoms with Gasteiger partial charge in [-0.25, -0.2) is 4.98 Å².